The fourth-order valence-corrected chi connectivity index (χ4v) is 3.60. The summed E-state index contributed by atoms with van der Waals surface area (Å²) in [5, 5.41) is 3.43. The molecule has 1 fully saturated rings. The lowest BCUT2D eigenvalue weighted by atomic mass is 9.81. The van der Waals surface area contributed by atoms with Crippen molar-refractivity contribution in [1.82, 2.24) is 9.80 Å². The van der Waals surface area contributed by atoms with Crippen molar-refractivity contribution < 1.29 is 9.59 Å². The Kier molecular flexibility index (Phi) is 6.25. The van der Waals surface area contributed by atoms with Gasteiger partial charge in [-0.2, -0.15) is 0 Å². The minimum atomic E-state index is -0.223. The number of carbonyl (C=O) groups is 2. The highest BCUT2D eigenvalue weighted by Crippen LogP contribution is 2.27. The van der Waals surface area contributed by atoms with Gasteiger partial charge in [0.25, 0.3) is 0 Å². The van der Waals surface area contributed by atoms with Crippen LogP contribution in [-0.4, -0.2) is 47.9 Å². The van der Waals surface area contributed by atoms with Gasteiger partial charge in [0.15, 0.2) is 0 Å². The van der Waals surface area contributed by atoms with E-state index >= 15 is 0 Å². The van der Waals surface area contributed by atoms with Crippen molar-refractivity contribution in [2.75, 3.05) is 31.5 Å². The van der Waals surface area contributed by atoms with Crippen LogP contribution in [0.4, 0.5) is 10.5 Å². The van der Waals surface area contributed by atoms with E-state index in [1.54, 1.807) is 29.2 Å². The monoisotopic (exact) mass is 399 g/mol. The molecule has 0 atom stereocenters. The maximum atomic E-state index is 12.8. The van der Waals surface area contributed by atoms with Crippen molar-refractivity contribution in [3.05, 3.63) is 65.2 Å². The third-order valence-corrected chi connectivity index (χ3v) is 5.38. The molecule has 1 aliphatic rings. The Morgan fingerprint density at radius 2 is 1.61 bits per heavy atom. The number of amides is 3. The van der Waals surface area contributed by atoms with Crippen LogP contribution in [0, 0.1) is 0 Å². The molecular formula is C22H26ClN3O2. The van der Waals surface area contributed by atoms with Gasteiger partial charge in [0.1, 0.15) is 0 Å². The predicted octanol–water partition coefficient (Wildman–Crippen LogP) is 4.38. The fourth-order valence-electron chi connectivity index (χ4n) is 3.41. The second-order valence-corrected chi connectivity index (χ2v) is 8.17. The average molecular weight is 400 g/mol. The van der Waals surface area contributed by atoms with Gasteiger partial charge < -0.3 is 15.1 Å². The van der Waals surface area contributed by atoms with Crippen LogP contribution in [0.3, 0.4) is 0 Å². The highest BCUT2D eigenvalue weighted by Gasteiger charge is 2.29. The molecule has 2 aromatic carbocycles. The summed E-state index contributed by atoms with van der Waals surface area (Å²) in [4.78, 5) is 28.8. The van der Waals surface area contributed by atoms with Gasteiger partial charge in [-0.15, -0.1) is 0 Å². The number of rotatable bonds is 4. The van der Waals surface area contributed by atoms with Crippen LogP contribution in [0.5, 0.6) is 0 Å². The van der Waals surface area contributed by atoms with E-state index in [9.17, 15) is 9.59 Å². The number of hydrogen-bond acceptors (Lipinski definition) is 2. The quantitative estimate of drug-likeness (QED) is 0.829. The number of urea groups is 1. The molecule has 0 radical (unpaired) electrons. The van der Waals surface area contributed by atoms with Crippen LogP contribution >= 0.6 is 11.6 Å². The lowest BCUT2D eigenvalue weighted by molar-refractivity contribution is -0.133. The Labute approximate surface area is 171 Å². The highest BCUT2D eigenvalue weighted by molar-refractivity contribution is 6.30. The van der Waals surface area contributed by atoms with Crippen molar-refractivity contribution in [3.63, 3.8) is 0 Å². The van der Waals surface area contributed by atoms with Crippen LogP contribution < -0.4 is 5.32 Å². The second kappa shape index (κ2) is 8.65. The molecule has 148 valence electrons. The molecule has 1 aliphatic heterocycles. The van der Waals surface area contributed by atoms with Gasteiger partial charge in [-0.3, -0.25) is 4.79 Å². The van der Waals surface area contributed by atoms with Crippen LogP contribution in [0.1, 0.15) is 25.8 Å². The molecule has 2 aromatic rings. The number of nitrogens with zero attached hydrogens (tertiary/aromatic N) is 2. The number of anilines is 1. The van der Waals surface area contributed by atoms with Crippen molar-refractivity contribution in [2.24, 2.45) is 0 Å². The minimum Gasteiger partial charge on any atom is -0.339 e. The first-order chi connectivity index (χ1) is 13.3. The summed E-state index contributed by atoms with van der Waals surface area (Å²) in [5.74, 6) is 0.128. The summed E-state index contributed by atoms with van der Waals surface area (Å²) in [6.45, 7) is 6.32. The summed E-state index contributed by atoms with van der Waals surface area (Å²) in [6.07, 6.45) is 0.450. The van der Waals surface area contributed by atoms with E-state index in [4.69, 9.17) is 11.6 Å². The Balaban J connectivity index is 1.52. The number of nitrogens with one attached hydrogen (secondary N) is 1. The van der Waals surface area contributed by atoms with Gasteiger partial charge in [0, 0.05) is 43.3 Å². The SMILES string of the molecule is CC(C)(CC(=O)N1CCN(C(=O)Nc2cccc(Cl)c2)CC1)c1ccccc1. The van der Waals surface area contributed by atoms with E-state index in [0.29, 0.717) is 43.3 Å². The molecule has 0 bridgehead atoms. The number of piperazine rings is 1. The van der Waals surface area contributed by atoms with E-state index in [1.807, 2.05) is 23.1 Å². The normalized spacial score (nSPS) is 14.7. The Morgan fingerprint density at radius 3 is 2.25 bits per heavy atom. The highest BCUT2D eigenvalue weighted by atomic mass is 35.5. The zero-order valence-electron chi connectivity index (χ0n) is 16.3. The van der Waals surface area contributed by atoms with Crippen LogP contribution in [0.25, 0.3) is 0 Å². The fraction of sp³-hybridized carbons (Fsp3) is 0.364. The van der Waals surface area contributed by atoms with Crippen molar-refractivity contribution in [1.29, 1.82) is 0 Å². The smallest absolute Gasteiger partial charge is 0.321 e. The van der Waals surface area contributed by atoms with Crippen molar-refractivity contribution in [2.45, 2.75) is 25.7 Å². The van der Waals surface area contributed by atoms with Gasteiger partial charge >= 0.3 is 6.03 Å². The van der Waals surface area contributed by atoms with Crippen LogP contribution in [-0.2, 0) is 10.2 Å². The summed E-state index contributed by atoms with van der Waals surface area (Å²) >= 11 is 5.96. The van der Waals surface area contributed by atoms with Gasteiger partial charge in [0.05, 0.1) is 0 Å². The first-order valence-corrected chi connectivity index (χ1v) is 9.88. The van der Waals surface area contributed by atoms with E-state index < -0.39 is 0 Å². The number of benzene rings is 2. The third kappa shape index (κ3) is 5.04. The lowest BCUT2D eigenvalue weighted by Gasteiger charge is -2.36. The standard InChI is InChI=1S/C22H26ClN3O2/c1-22(2,17-7-4-3-5-8-17)16-20(27)25-11-13-26(14-12-25)21(28)24-19-10-6-9-18(23)15-19/h3-10,15H,11-14,16H2,1-2H3,(H,24,28). The zero-order chi connectivity index (χ0) is 20.1. The maximum absolute atomic E-state index is 12.8. The largest absolute Gasteiger partial charge is 0.339 e. The summed E-state index contributed by atoms with van der Waals surface area (Å²) < 4.78 is 0. The summed E-state index contributed by atoms with van der Waals surface area (Å²) in [5.41, 5.74) is 1.60. The molecule has 0 aromatic heterocycles. The molecule has 6 heteroatoms. The molecular weight excluding hydrogens is 374 g/mol. The van der Waals surface area contributed by atoms with Gasteiger partial charge in [-0.05, 0) is 29.2 Å². The van der Waals surface area contributed by atoms with E-state index in [-0.39, 0.29) is 17.4 Å². The minimum absolute atomic E-state index is 0.128. The van der Waals surface area contributed by atoms with E-state index in [0.717, 1.165) is 5.56 Å². The second-order valence-electron chi connectivity index (χ2n) is 7.74. The Morgan fingerprint density at radius 1 is 0.964 bits per heavy atom. The molecule has 3 rings (SSSR count). The molecule has 5 nitrogen and oxygen atoms in total. The maximum Gasteiger partial charge on any atom is 0.321 e. The molecule has 1 heterocycles. The van der Waals surface area contributed by atoms with E-state index in [1.165, 1.54) is 0 Å². The average Bonchev–Trinajstić information content (AvgIpc) is 2.68. The lowest BCUT2D eigenvalue weighted by Crippen LogP contribution is -2.52. The van der Waals surface area contributed by atoms with Crippen LogP contribution in [0.15, 0.2) is 54.6 Å². The Hall–Kier alpha value is -2.53. The molecule has 1 saturated heterocycles. The topological polar surface area (TPSA) is 52.7 Å². The zero-order valence-corrected chi connectivity index (χ0v) is 17.1. The molecule has 0 aliphatic carbocycles. The predicted molar refractivity (Wildman–Crippen MR) is 113 cm³/mol. The molecule has 3 amide bonds. The van der Waals surface area contributed by atoms with Gasteiger partial charge in [-0.25, -0.2) is 4.79 Å². The third-order valence-electron chi connectivity index (χ3n) is 5.14. The molecule has 28 heavy (non-hydrogen) atoms. The van der Waals surface area contributed by atoms with Crippen molar-refractivity contribution >= 4 is 29.2 Å². The summed E-state index contributed by atoms with van der Waals surface area (Å²) in [6, 6.07) is 17.0. The molecule has 0 spiro atoms. The van der Waals surface area contributed by atoms with E-state index in [2.05, 4.69) is 31.3 Å². The van der Waals surface area contributed by atoms with Gasteiger partial charge in [0.2, 0.25) is 5.91 Å². The Bertz CT molecular complexity index is 831. The first-order valence-electron chi connectivity index (χ1n) is 9.50. The molecule has 0 unspecified atom stereocenters. The number of halogens is 1. The number of carbonyl (C=O) groups excluding carboxylic acids is 2. The molecule has 0 saturated carbocycles. The number of hydrogen-bond donors (Lipinski definition) is 1. The van der Waals surface area contributed by atoms with Crippen molar-refractivity contribution in [3.8, 4) is 0 Å². The first kappa shape index (κ1) is 20.2. The molecule has 1 N–H and O–H groups in total. The van der Waals surface area contributed by atoms with Crippen LogP contribution in [0.2, 0.25) is 5.02 Å². The van der Waals surface area contributed by atoms with Gasteiger partial charge in [-0.1, -0.05) is 61.8 Å². The summed E-state index contributed by atoms with van der Waals surface area (Å²) in [7, 11) is 0.